The molecule has 0 fully saturated rings. The molecule has 0 unspecified atom stereocenters. The predicted octanol–water partition coefficient (Wildman–Crippen LogP) is 2.19. The van der Waals surface area contributed by atoms with Crippen LogP contribution < -0.4 is 0 Å². The van der Waals surface area contributed by atoms with Gasteiger partial charge >= 0.3 is 5.97 Å². The molecule has 5 nitrogen and oxygen atoms in total. The highest BCUT2D eigenvalue weighted by Crippen LogP contribution is 2.32. The van der Waals surface area contributed by atoms with Crippen LogP contribution in [0.1, 0.15) is 58.5 Å². The number of amides is 2. The number of aryl methyl sites for hydroxylation is 1. The summed E-state index contributed by atoms with van der Waals surface area (Å²) in [7, 11) is 0. The monoisotopic (exact) mass is 261 g/mol. The predicted molar refractivity (Wildman–Crippen MR) is 67.5 cm³/mol. The summed E-state index contributed by atoms with van der Waals surface area (Å²) in [6, 6.07) is 3.64. The number of hydrogen-bond acceptors (Lipinski definition) is 4. The van der Waals surface area contributed by atoms with E-state index in [-0.39, 0.29) is 5.92 Å². The first-order valence-corrected chi connectivity index (χ1v) is 6.05. The van der Waals surface area contributed by atoms with Gasteiger partial charge in [-0.1, -0.05) is 31.0 Å². The van der Waals surface area contributed by atoms with Gasteiger partial charge in [0, 0.05) is 6.92 Å². The largest absolute Gasteiger partial charge is 0.330 e. The van der Waals surface area contributed by atoms with E-state index in [4.69, 9.17) is 4.84 Å². The van der Waals surface area contributed by atoms with E-state index >= 15 is 0 Å². The van der Waals surface area contributed by atoms with E-state index in [1.54, 1.807) is 13.0 Å². The Balaban J connectivity index is 2.61. The maximum Gasteiger partial charge on any atom is 0.330 e. The lowest BCUT2D eigenvalue weighted by molar-refractivity contribution is -0.165. The third kappa shape index (κ3) is 2.01. The number of carbonyl (C=O) groups excluding carboxylic acids is 3. The second kappa shape index (κ2) is 4.50. The summed E-state index contributed by atoms with van der Waals surface area (Å²) in [6.07, 6.45) is 0. The Bertz CT molecular complexity index is 589. The number of hydroxylamine groups is 2. The van der Waals surface area contributed by atoms with Crippen LogP contribution in [0.2, 0.25) is 0 Å². The van der Waals surface area contributed by atoms with Crippen molar-refractivity contribution in [2.75, 3.05) is 0 Å². The van der Waals surface area contributed by atoms with Crippen LogP contribution >= 0.6 is 0 Å². The molecule has 2 amide bonds. The molecule has 0 atom stereocenters. The normalized spacial score (nSPS) is 14.1. The Kier molecular flexibility index (Phi) is 3.14. The van der Waals surface area contributed by atoms with Crippen LogP contribution in [-0.4, -0.2) is 22.8 Å². The van der Waals surface area contributed by atoms with Crippen LogP contribution in [0.15, 0.2) is 12.1 Å². The van der Waals surface area contributed by atoms with Gasteiger partial charge in [0.05, 0.1) is 11.1 Å². The molecule has 1 aromatic carbocycles. The van der Waals surface area contributed by atoms with Gasteiger partial charge in [0.15, 0.2) is 0 Å². The van der Waals surface area contributed by atoms with Crippen molar-refractivity contribution in [3.05, 3.63) is 34.4 Å². The molecular weight excluding hydrogens is 246 g/mol. The molecule has 0 radical (unpaired) electrons. The van der Waals surface area contributed by atoms with Crippen LogP contribution in [0.5, 0.6) is 0 Å². The summed E-state index contributed by atoms with van der Waals surface area (Å²) in [5.41, 5.74) is 2.17. The van der Waals surface area contributed by atoms with Crippen molar-refractivity contribution in [2.24, 2.45) is 0 Å². The van der Waals surface area contributed by atoms with E-state index in [0.717, 1.165) is 12.5 Å². The molecule has 1 aliphatic rings. The highest BCUT2D eigenvalue weighted by Gasteiger charge is 2.41. The van der Waals surface area contributed by atoms with E-state index < -0.39 is 17.8 Å². The smallest absolute Gasteiger partial charge is 0.330 e. The molecule has 0 spiro atoms. The molecule has 0 N–H and O–H groups in total. The van der Waals surface area contributed by atoms with E-state index in [1.165, 1.54) is 0 Å². The Morgan fingerprint density at radius 2 is 1.74 bits per heavy atom. The minimum absolute atomic E-state index is 0.100. The quantitative estimate of drug-likeness (QED) is 0.765. The standard InChI is InChI=1S/C14H15NO4/c1-7(2)10-6-5-8(3)11-12(10)14(18)15(13(11)17)19-9(4)16/h5-7H,1-4H3. The van der Waals surface area contributed by atoms with Gasteiger partial charge in [-0.25, -0.2) is 4.79 Å². The molecule has 2 rings (SSSR count). The van der Waals surface area contributed by atoms with Crippen molar-refractivity contribution >= 4 is 17.8 Å². The van der Waals surface area contributed by atoms with Gasteiger partial charge in [-0.05, 0) is 24.0 Å². The van der Waals surface area contributed by atoms with Crippen LogP contribution in [-0.2, 0) is 9.63 Å². The van der Waals surface area contributed by atoms with Gasteiger partial charge in [-0.15, -0.1) is 0 Å². The molecule has 100 valence electrons. The van der Waals surface area contributed by atoms with Crippen LogP contribution in [0.4, 0.5) is 0 Å². The molecule has 1 aliphatic heterocycles. The lowest BCUT2D eigenvalue weighted by atomic mass is 9.92. The van der Waals surface area contributed by atoms with Crippen molar-refractivity contribution in [3.63, 3.8) is 0 Å². The molecule has 0 aromatic heterocycles. The first kappa shape index (κ1) is 13.3. The van der Waals surface area contributed by atoms with E-state index in [0.29, 0.717) is 21.8 Å². The third-order valence-electron chi connectivity index (χ3n) is 3.08. The van der Waals surface area contributed by atoms with Crippen LogP contribution in [0, 0.1) is 6.92 Å². The Morgan fingerprint density at radius 3 is 2.26 bits per heavy atom. The Labute approximate surface area is 111 Å². The van der Waals surface area contributed by atoms with Crippen molar-refractivity contribution < 1.29 is 19.2 Å². The van der Waals surface area contributed by atoms with Gasteiger partial charge in [0.1, 0.15) is 0 Å². The molecule has 0 saturated carbocycles. The highest BCUT2D eigenvalue weighted by molar-refractivity contribution is 6.22. The Hall–Kier alpha value is -2.17. The van der Waals surface area contributed by atoms with Gasteiger partial charge in [-0.3, -0.25) is 9.59 Å². The summed E-state index contributed by atoms with van der Waals surface area (Å²) >= 11 is 0. The van der Waals surface area contributed by atoms with E-state index in [9.17, 15) is 14.4 Å². The van der Waals surface area contributed by atoms with E-state index in [2.05, 4.69) is 0 Å². The minimum atomic E-state index is -0.696. The fourth-order valence-electron chi connectivity index (χ4n) is 2.22. The SMILES string of the molecule is CC(=O)ON1C(=O)c2c(C)ccc(C(C)C)c2C1=O. The molecule has 1 aromatic rings. The second-order valence-electron chi connectivity index (χ2n) is 4.86. The molecule has 5 heteroatoms. The van der Waals surface area contributed by atoms with Gasteiger partial charge < -0.3 is 4.84 Å². The fourth-order valence-corrected chi connectivity index (χ4v) is 2.22. The molecule has 0 bridgehead atoms. The van der Waals surface area contributed by atoms with E-state index in [1.807, 2.05) is 19.9 Å². The topological polar surface area (TPSA) is 63.7 Å². The zero-order valence-electron chi connectivity index (χ0n) is 11.3. The third-order valence-corrected chi connectivity index (χ3v) is 3.08. The number of carbonyl (C=O) groups is 3. The number of imide groups is 1. The minimum Gasteiger partial charge on any atom is -0.330 e. The molecular formula is C14H15NO4. The summed E-state index contributed by atoms with van der Waals surface area (Å²) < 4.78 is 0. The average Bonchev–Trinajstić information content (AvgIpc) is 2.55. The number of fused-ring (bicyclic) bond motifs is 1. The summed E-state index contributed by atoms with van der Waals surface area (Å²) in [4.78, 5) is 40.1. The van der Waals surface area contributed by atoms with Crippen molar-refractivity contribution in [1.29, 1.82) is 0 Å². The van der Waals surface area contributed by atoms with Crippen molar-refractivity contribution in [2.45, 2.75) is 33.6 Å². The maximum absolute atomic E-state index is 12.2. The zero-order valence-corrected chi connectivity index (χ0v) is 11.3. The maximum atomic E-state index is 12.2. The Morgan fingerprint density at radius 1 is 1.16 bits per heavy atom. The first-order chi connectivity index (χ1) is 8.84. The zero-order chi connectivity index (χ0) is 14.3. The van der Waals surface area contributed by atoms with Gasteiger partial charge in [0.25, 0.3) is 11.8 Å². The summed E-state index contributed by atoms with van der Waals surface area (Å²) in [5, 5.41) is 0.547. The highest BCUT2D eigenvalue weighted by atomic mass is 16.7. The van der Waals surface area contributed by atoms with Gasteiger partial charge in [-0.2, -0.15) is 0 Å². The number of benzene rings is 1. The lowest BCUT2D eigenvalue weighted by Crippen LogP contribution is -2.32. The van der Waals surface area contributed by atoms with Crippen LogP contribution in [0.25, 0.3) is 0 Å². The molecule has 0 aliphatic carbocycles. The molecule has 1 heterocycles. The number of rotatable bonds is 2. The van der Waals surface area contributed by atoms with Crippen LogP contribution in [0.3, 0.4) is 0 Å². The summed E-state index contributed by atoms with van der Waals surface area (Å²) in [6.45, 7) is 6.79. The lowest BCUT2D eigenvalue weighted by Gasteiger charge is -2.12. The summed E-state index contributed by atoms with van der Waals surface area (Å²) in [5.74, 6) is -1.74. The van der Waals surface area contributed by atoms with Gasteiger partial charge in [0.2, 0.25) is 0 Å². The first-order valence-electron chi connectivity index (χ1n) is 6.05. The number of hydrogen-bond donors (Lipinski definition) is 0. The molecule has 19 heavy (non-hydrogen) atoms. The number of nitrogens with zero attached hydrogens (tertiary/aromatic N) is 1. The van der Waals surface area contributed by atoms with Crippen molar-refractivity contribution in [1.82, 2.24) is 5.06 Å². The second-order valence-corrected chi connectivity index (χ2v) is 4.86. The average molecular weight is 261 g/mol. The van der Waals surface area contributed by atoms with Crippen molar-refractivity contribution in [3.8, 4) is 0 Å². The fraction of sp³-hybridized carbons (Fsp3) is 0.357. The molecule has 0 saturated heterocycles.